The molecule has 0 saturated carbocycles. The summed E-state index contributed by atoms with van der Waals surface area (Å²) in [6.07, 6.45) is 1.77. The maximum atomic E-state index is 12.4. The average molecular weight is 304 g/mol. The summed E-state index contributed by atoms with van der Waals surface area (Å²) in [4.78, 5) is 27.9. The van der Waals surface area contributed by atoms with Crippen LogP contribution in [0, 0.1) is 0 Å². The van der Waals surface area contributed by atoms with Crippen molar-refractivity contribution in [3.05, 3.63) is 29.8 Å². The van der Waals surface area contributed by atoms with E-state index in [1.54, 1.807) is 7.11 Å². The van der Waals surface area contributed by atoms with E-state index >= 15 is 0 Å². The molecule has 1 aliphatic heterocycles. The van der Waals surface area contributed by atoms with Crippen LogP contribution in [-0.4, -0.2) is 54.9 Å². The molecule has 0 atom stereocenters. The van der Waals surface area contributed by atoms with Crippen molar-refractivity contribution in [2.24, 2.45) is 0 Å². The van der Waals surface area contributed by atoms with Gasteiger partial charge in [-0.1, -0.05) is 19.1 Å². The van der Waals surface area contributed by atoms with Crippen molar-refractivity contribution in [3.8, 4) is 5.75 Å². The highest BCUT2D eigenvalue weighted by molar-refractivity contribution is 5.79. The third kappa shape index (κ3) is 4.23. The summed E-state index contributed by atoms with van der Waals surface area (Å²) >= 11 is 0. The predicted molar refractivity (Wildman–Crippen MR) is 84.8 cm³/mol. The highest BCUT2D eigenvalue weighted by atomic mass is 16.5. The van der Waals surface area contributed by atoms with Gasteiger partial charge in [-0.25, -0.2) is 0 Å². The van der Waals surface area contributed by atoms with Crippen LogP contribution in [0.25, 0.3) is 0 Å². The van der Waals surface area contributed by atoms with Crippen LogP contribution in [0.5, 0.6) is 5.75 Å². The number of ether oxygens (including phenoxy) is 1. The molecule has 1 heterocycles. The van der Waals surface area contributed by atoms with Gasteiger partial charge in [0.1, 0.15) is 5.75 Å². The van der Waals surface area contributed by atoms with Crippen LogP contribution < -0.4 is 4.74 Å². The summed E-state index contributed by atoms with van der Waals surface area (Å²) in [6, 6.07) is 7.57. The second-order valence-corrected chi connectivity index (χ2v) is 5.49. The van der Waals surface area contributed by atoms with Gasteiger partial charge in [0.05, 0.1) is 13.5 Å². The van der Waals surface area contributed by atoms with Gasteiger partial charge in [0.2, 0.25) is 11.8 Å². The Labute approximate surface area is 131 Å². The number of carbonyl (C=O) groups is 2. The Morgan fingerprint density at radius 2 is 1.59 bits per heavy atom. The second-order valence-electron chi connectivity index (χ2n) is 5.49. The minimum absolute atomic E-state index is 0.121. The summed E-state index contributed by atoms with van der Waals surface area (Å²) in [5.74, 6) is 1.08. The highest BCUT2D eigenvalue weighted by Gasteiger charge is 2.21. The van der Waals surface area contributed by atoms with Gasteiger partial charge in [0, 0.05) is 32.6 Å². The van der Waals surface area contributed by atoms with Crippen LogP contribution >= 0.6 is 0 Å². The molecule has 22 heavy (non-hydrogen) atoms. The lowest BCUT2D eigenvalue weighted by Gasteiger charge is -2.22. The van der Waals surface area contributed by atoms with E-state index in [0.29, 0.717) is 25.9 Å². The topological polar surface area (TPSA) is 49.9 Å². The smallest absolute Gasteiger partial charge is 0.227 e. The Morgan fingerprint density at radius 3 is 2.14 bits per heavy atom. The second kappa shape index (κ2) is 7.82. The first kappa shape index (κ1) is 16.3. The third-order valence-corrected chi connectivity index (χ3v) is 4.02. The maximum Gasteiger partial charge on any atom is 0.227 e. The lowest BCUT2D eigenvalue weighted by molar-refractivity contribution is -0.133. The van der Waals surface area contributed by atoms with Gasteiger partial charge in [-0.3, -0.25) is 9.59 Å². The van der Waals surface area contributed by atoms with Gasteiger partial charge in [-0.2, -0.15) is 0 Å². The maximum absolute atomic E-state index is 12.4. The van der Waals surface area contributed by atoms with Crippen molar-refractivity contribution in [1.82, 2.24) is 9.80 Å². The number of nitrogens with zero attached hydrogens (tertiary/aromatic N) is 2. The normalized spacial score (nSPS) is 15.4. The van der Waals surface area contributed by atoms with Crippen LogP contribution in [0.2, 0.25) is 0 Å². The Hall–Kier alpha value is -2.04. The van der Waals surface area contributed by atoms with Crippen LogP contribution in [0.4, 0.5) is 0 Å². The molecule has 1 aliphatic rings. The number of benzene rings is 1. The lowest BCUT2D eigenvalue weighted by Crippen LogP contribution is -2.37. The van der Waals surface area contributed by atoms with E-state index in [4.69, 9.17) is 4.74 Å². The molecule has 1 saturated heterocycles. The zero-order valence-electron chi connectivity index (χ0n) is 13.4. The Morgan fingerprint density at radius 1 is 1.00 bits per heavy atom. The first-order valence-electron chi connectivity index (χ1n) is 7.82. The molecule has 5 nitrogen and oxygen atoms in total. The minimum atomic E-state index is 0.121. The van der Waals surface area contributed by atoms with E-state index in [1.165, 1.54) is 0 Å². The Balaban J connectivity index is 1.90. The molecule has 2 rings (SSSR count). The van der Waals surface area contributed by atoms with Crippen LogP contribution in [0.3, 0.4) is 0 Å². The molecule has 0 aliphatic carbocycles. The number of methoxy groups -OCH3 is 1. The molecule has 2 amide bonds. The lowest BCUT2D eigenvalue weighted by atomic mass is 10.1. The number of rotatable bonds is 4. The van der Waals surface area contributed by atoms with Gasteiger partial charge >= 0.3 is 0 Å². The van der Waals surface area contributed by atoms with Gasteiger partial charge in [-0.05, 0) is 24.1 Å². The summed E-state index contributed by atoms with van der Waals surface area (Å²) < 4.78 is 5.12. The molecule has 1 fully saturated rings. The van der Waals surface area contributed by atoms with E-state index in [9.17, 15) is 9.59 Å². The summed E-state index contributed by atoms with van der Waals surface area (Å²) in [5, 5.41) is 0. The van der Waals surface area contributed by atoms with E-state index in [1.807, 2.05) is 41.0 Å². The average Bonchev–Trinajstić information content (AvgIpc) is 2.81. The summed E-state index contributed by atoms with van der Waals surface area (Å²) in [7, 11) is 1.63. The summed E-state index contributed by atoms with van der Waals surface area (Å²) in [6.45, 7) is 4.61. The molecule has 0 N–H and O–H groups in total. The van der Waals surface area contributed by atoms with Crippen molar-refractivity contribution in [1.29, 1.82) is 0 Å². The quantitative estimate of drug-likeness (QED) is 0.851. The molecule has 0 aromatic heterocycles. The van der Waals surface area contributed by atoms with Crippen molar-refractivity contribution in [3.63, 3.8) is 0 Å². The van der Waals surface area contributed by atoms with E-state index in [2.05, 4.69) is 0 Å². The standard InChI is InChI=1S/C17H24N2O3/c1-3-16(20)18-9-4-10-19(12-11-18)17(21)13-14-5-7-15(22-2)8-6-14/h5-8H,3-4,9-13H2,1-2H3. The van der Waals surface area contributed by atoms with Crippen molar-refractivity contribution < 1.29 is 14.3 Å². The monoisotopic (exact) mass is 304 g/mol. The van der Waals surface area contributed by atoms with Crippen LogP contribution in [-0.2, 0) is 16.0 Å². The summed E-state index contributed by atoms with van der Waals surface area (Å²) in [5.41, 5.74) is 0.983. The largest absolute Gasteiger partial charge is 0.497 e. The van der Waals surface area contributed by atoms with Gasteiger partial charge < -0.3 is 14.5 Å². The SMILES string of the molecule is CCC(=O)N1CCCN(C(=O)Cc2ccc(OC)cc2)CC1. The molecule has 0 bridgehead atoms. The fourth-order valence-electron chi connectivity index (χ4n) is 2.67. The predicted octanol–water partition coefficient (Wildman–Crippen LogP) is 1.71. The number of carbonyl (C=O) groups excluding carboxylic acids is 2. The molecule has 5 heteroatoms. The first-order valence-corrected chi connectivity index (χ1v) is 7.82. The fraction of sp³-hybridized carbons (Fsp3) is 0.529. The molecule has 1 aromatic carbocycles. The van der Waals surface area contributed by atoms with Gasteiger partial charge in [0.15, 0.2) is 0 Å². The van der Waals surface area contributed by atoms with Gasteiger partial charge in [0.25, 0.3) is 0 Å². The third-order valence-electron chi connectivity index (χ3n) is 4.02. The van der Waals surface area contributed by atoms with Crippen LogP contribution in [0.15, 0.2) is 24.3 Å². The molecular formula is C17H24N2O3. The zero-order valence-corrected chi connectivity index (χ0v) is 13.4. The number of hydrogen-bond acceptors (Lipinski definition) is 3. The van der Waals surface area contributed by atoms with E-state index in [0.717, 1.165) is 30.8 Å². The van der Waals surface area contributed by atoms with Crippen LogP contribution in [0.1, 0.15) is 25.3 Å². The molecule has 1 aromatic rings. The number of amides is 2. The molecular weight excluding hydrogens is 280 g/mol. The zero-order chi connectivity index (χ0) is 15.9. The van der Waals surface area contributed by atoms with Gasteiger partial charge in [-0.15, -0.1) is 0 Å². The van der Waals surface area contributed by atoms with Crippen molar-refractivity contribution in [2.75, 3.05) is 33.3 Å². The minimum Gasteiger partial charge on any atom is -0.497 e. The van der Waals surface area contributed by atoms with E-state index < -0.39 is 0 Å². The Kier molecular flexibility index (Phi) is 5.81. The first-order chi connectivity index (χ1) is 10.6. The van der Waals surface area contributed by atoms with Crippen molar-refractivity contribution >= 4 is 11.8 Å². The number of hydrogen-bond donors (Lipinski definition) is 0. The molecule has 0 unspecified atom stereocenters. The van der Waals surface area contributed by atoms with E-state index in [-0.39, 0.29) is 11.8 Å². The fourth-order valence-corrected chi connectivity index (χ4v) is 2.67. The molecule has 0 radical (unpaired) electrons. The molecule has 120 valence electrons. The molecule has 0 spiro atoms. The Bertz CT molecular complexity index is 513. The van der Waals surface area contributed by atoms with Crippen molar-refractivity contribution in [2.45, 2.75) is 26.2 Å². The highest BCUT2D eigenvalue weighted by Crippen LogP contribution is 2.13.